The van der Waals surface area contributed by atoms with Crippen LogP contribution in [-0.4, -0.2) is 25.2 Å². The Balaban J connectivity index is 1.87. The van der Waals surface area contributed by atoms with Crippen LogP contribution in [0.3, 0.4) is 0 Å². The van der Waals surface area contributed by atoms with Gasteiger partial charge in [-0.1, -0.05) is 39.0 Å². The molecule has 5 heteroatoms. The van der Waals surface area contributed by atoms with Gasteiger partial charge in [0.15, 0.2) is 6.61 Å². The third-order valence-corrected chi connectivity index (χ3v) is 3.54. The van der Waals surface area contributed by atoms with Crippen molar-refractivity contribution in [1.82, 2.24) is 0 Å². The van der Waals surface area contributed by atoms with Crippen LogP contribution in [0.5, 0.6) is 11.5 Å². The first-order chi connectivity index (χ1) is 12.5. The lowest BCUT2D eigenvalue weighted by molar-refractivity contribution is -0.136. The van der Waals surface area contributed by atoms with E-state index in [0.29, 0.717) is 17.9 Å². The number of aryl methyl sites for hydroxylation is 1. The summed E-state index contributed by atoms with van der Waals surface area (Å²) >= 11 is 0. The van der Waals surface area contributed by atoms with E-state index in [2.05, 4.69) is 6.92 Å². The number of esters is 2. The van der Waals surface area contributed by atoms with Crippen LogP contribution in [0.15, 0.2) is 48.5 Å². The van der Waals surface area contributed by atoms with Gasteiger partial charge in [-0.25, -0.2) is 9.59 Å². The van der Waals surface area contributed by atoms with Crippen LogP contribution in [0.1, 0.15) is 36.7 Å². The van der Waals surface area contributed by atoms with E-state index in [1.807, 2.05) is 38.1 Å². The van der Waals surface area contributed by atoms with Crippen LogP contribution in [0.4, 0.5) is 0 Å². The quantitative estimate of drug-likeness (QED) is 0.527. The Morgan fingerprint density at radius 3 is 2.38 bits per heavy atom. The van der Waals surface area contributed by atoms with Gasteiger partial charge in [0.05, 0.1) is 12.2 Å². The molecule has 26 heavy (non-hydrogen) atoms. The lowest BCUT2D eigenvalue weighted by atomic mass is 10.2. The van der Waals surface area contributed by atoms with E-state index in [1.54, 1.807) is 18.2 Å². The highest BCUT2D eigenvalue weighted by molar-refractivity contribution is 5.90. The Morgan fingerprint density at radius 1 is 1.00 bits per heavy atom. The summed E-state index contributed by atoms with van der Waals surface area (Å²) in [5.41, 5.74) is 1.54. The molecule has 138 valence electrons. The molecule has 0 spiro atoms. The van der Waals surface area contributed by atoms with Gasteiger partial charge in [0.25, 0.3) is 0 Å². The molecule has 2 aromatic rings. The van der Waals surface area contributed by atoms with Crippen molar-refractivity contribution < 1.29 is 23.8 Å². The van der Waals surface area contributed by atoms with Gasteiger partial charge in [-0.3, -0.25) is 0 Å². The predicted molar refractivity (Wildman–Crippen MR) is 98.5 cm³/mol. The van der Waals surface area contributed by atoms with Crippen molar-refractivity contribution in [2.24, 2.45) is 5.92 Å². The summed E-state index contributed by atoms with van der Waals surface area (Å²) in [7, 11) is 0. The van der Waals surface area contributed by atoms with E-state index >= 15 is 0 Å². The first-order valence-electron chi connectivity index (χ1n) is 8.67. The van der Waals surface area contributed by atoms with Crippen molar-refractivity contribution >= 4 is 11.9 Å². The first-order valence-corrected chi connectivity index (χ1v) is 8.67. The molecule has 0 atom stereocenters. The van der Waals surface area contributed by atoms with Crippen LogP contribution >= 0.6 is 0 Å². The zero-order valence-electron chi connectivity index (χ0n) is 15.4. The number of ether oxygens (including phenoxy) is 3. The van der Waals surface area contributed by atoms with E-state index in [-0.39, 0.29) is 18.3 Å². The van der Waals surface area contributed by atoms with Gasteiger partial charge < -0.3 is 14.2 Å². The molecule has 0 saturated carbocycles. The molecule has 5 nitrogen and oxygen atoms in total. The maximum absolute atomic E-state index is 12.0. The van der Waals surface area contributed by atoms with Gasteiger partial charge in [0.1, 0.15) is 11.5 Å². The molecular formula is C21H24O5. The minimum Gasteiger partial charge on any atom is -0.482 e. The Labute approximate surface area is 153 Å². The van der Waals surface area contributed by atoms with Crippen molar-refractivity contribution in [2.75, 3.05) is 13.2 Å². The zero-order chi connectivity index (χ0) is 18.9. The molecule has 0 radical (unpaired) electrons. The Hall–Kier alpha value is -2.82. The second-order valence-corrected chi connectivity index (χ2v) is 6.28. The maximum atomic E-state index is 12.0. The average Bonchev–Trinajstić information content (AvgIpc) is 2.65. The number of rotatable bonds is 8. The maximum Gasteiger partial charge on any atom is 0.349 e. The lowest BCUT2D eigenvalue weighted by Gasteiger charge is -2.09. The number of carbonyl (C=O) groups excluding carboxylic acids is 2. The third-order valence-electron chi connectivity index (χ3n) is 3.54. The molecular weight excluding hydrogens is 332 g/mol. The van der Waals surface area contributed by atoms with Crippen LogP contribution in [0.25, 0.3) is 0 Å². The summed E-state index contributed by atoms with van der Waals surface area (Å²) in [6.45, 7) is 6.11. The van der Waals surface area contributed by atoms with Crippen LogP contribution < -0.4 is 9.47 Å². The Bertz CT molecular complexity index is 734. The van der Waals surface area contributed by atoms with Crippen molar-refractivity contribution in [2.45, 2.75) is 27.2 Å². The van der Waals surface area contributed by atoms with Gasteiger partial charge in [-0.2, -0.15) is 0 Å². The minimum absolute atomic E-state index is 0.215. The second-order valence-electron chi connectivity index (χ2n) is 6.28. The Kier molecular flexibility index (Phi) is 7.21. The van der Waals surface area contributed by atoms with Gasteiger partial charge in [-0.15, -0.1) is 0 Å². The van der Waals surface area contributed by atoms with Crippen molar-refractivity contribution in [3.63, 3.8) is 0 Å². The fraction of sp³-hybridized carbons (Fsp3) is 0.333. The van der Waals surface area contributed by atoms with Crippen LogP contribution in [0, 0.1) is 5.92 Å². The van der Waals surface area contributed by atoms with Crippen LogP contribution in [-0.2, 0) is 16.0 Å². The van der Waals surface area contributed by atoms with E-state index in [4.69, 9.17) is 14.2 Å². The molecule has 0 N–H and O–H groups in total. The molecule has 0 amide bonds. The summed E-state index contributed by atoms with van der Waals surface area (Å²) in [6, 6.07) is 13.9. The van der Waals surface area contributed by atoms with Crippen molar-refractivity contribution in [1.29, 1.82) is 0 Å². The summed E-state index contributed by atoms with van der Waals surface area (Å²) < 4.78 is 15.8. The zero-order valence-corrected chi connectivity index (χ0v) is 15.4. The fourth-order valence-corrected chi connectivity index (χ4v) is 2.14. The minimum atomic E-state index is -0.544. The van der Waals surface area contributed by atoms with Gasteiger partial charge in [0, 0.05) is 0 Å². The molecule has 0 aromatic heterocycles. The highest BCUT2D eigenvalue weighted by atomic mass is 16.6. The summed E-state index contributed by atoms with van der Waals surface area (Å²) in [6.07, 6.45) is 0.943. The third kappa shape index (κ3) is 6.24. The lowest BCUT2D eigenvalue weighted by Crippen LogP contribution is -2.18. The van der Waals surface area contributed by atoms with Gasteiger partial charge >= 0.3 is 11.9 Å². The van der Waals surface area contributed by atoms with E-state index in [0.717, 1.165) is 6.42 Å². The van der Waals surface area contributed by atoms with E-state index < -0.39 is 11.9 Å². The first kappa shape index (κ1) is 19.5. The second kappa shape index (κ2) is 9.61. The largest absolute Gasteiger partial charge is 0.482 e. The molecule has 0 aliphatic carbocycles. The van der Waals surface area contributed by atoms with Gasteiger partial charge in [-0.05, 0) is 48.2 Å². The highest BCUT2D eigenvalue weighted by Crippen LogP contribution is 2.16. The number of carbonyl (C=O) groups is 2. The topological polar surface area (TPSA) is 61.8 Å². The standard InChI is InChI=1S/C21H24O5/c1-4-16-8-10-18(11-9-16)24-14-20(22)26-19-7-5-6-17(12-19)21(23)25-13-15(2)3/h5-12,15H,4,13-14H2,1-3H3. The number of hydrogen-bond donors (Lipinski definition) is 0. The SMILES string of the molecule is CCc1ccc(OCC(=O)Oc2cccc(C(=O)OCC(C)C)c2)cc1. The summed E-state index contributed by atoms with van der Waals surface area (Å²) in [5.74, 6) is 0.147. The highest BCUT2D eigenvalue weighted by Gasteiger charge is 2.11. The predicted octanol–water partition coefficient (Wildman–Crippen LogP) is 4.05. The van der Waals surface area contributed by atoms with Gasteiger partial charge in [0.2, 0.25) is 0 Å². The average molecular weight is 356 g/mol. The number of hydrogen-bond acceptors (Lipinski definition) is 5. The molecule has 0 heterocycles. The fourth-order valence-electron chi connectivity index (χ4n) is 2.14. The molecule has 2 rings (SSSR count). The van der Waals surface area contributed by atoms with Crippen LogP contribution in [0.2, 0.25) is 0 Å². The van der Waals surface area contributed by atoms with Crippen molar-refractivity contribution in [3.05, 3.63) is 59.7 Å². The molecule has 0 bridgehead atoms. The molecule has 0 aliphatic heterocycles. The van der Waals surface area contributed by atoms with Crippen molar-refractivity contribution in [3.8, 4) is 11.5 Å². The monoisotopic (exact) mass is 356 g/mol. The molecule has 0 saturated heterocycles. The van der Waals surface area contributed by atoms with E-state index in [1.165, 1.54) is 11.6 Å². The summed E-state index contributed by atoms with van der Waals surface area (Å²) in [5, 5.41) is 0. The smallest absolute Gasteiger partial charge is 0.349 e. The molecule has 0 fully saturated rings. The molecule has 0 aliphatic rings. The molecule has 0 unspecified atom stereocenters. The number of benzene rings is 2. The van der Waals surface area contributed by atoms with E-state index in [9.17, 15) is 9.59 Å². The normalized spacial score (nSPS) is 10.5. The summed E-state index contributed by atoms with van der Waals surface area (Å²) in [4.78, 5) is 23.9. The molecule has 2 aromatic carbocycles. The Morgan fingerprint density at radius 2 is 1.73 bits per heavy atom.